The zero-order chi connectivity index (χ0) is 36.3. The zero-order valence-electron chi connectivity index (χ0n) is 23.9. The number of nitrogens with two attached hydrogens (primary N) is 2. The summed E-state index contributed by atoms with van der Waals surface area (Å²) in [6.07, 6.45) is 0. The van der Waals surface area contributed by atoms with Crippen LogP contribution in [0.4, 0.5) is 34.1 Å². The maximum absolute atomic E-state index is 12.4. The fraction of sp³-hybridized carbons (Fsp3) is 0. The number of phenols is 1. The van der Waals surface area contributed by atoms with Gasteiger partial charge >= 0.3 is 0 Å². The zero-order valence-corrected chi connectivity index (χ0v) is 27.2. The number of nitrogen functional groups attached to an aromatic ring is 2. The molecule has 5 aromatic rings. The van der Waals surface area contributed by atoms with E-state index >= 15 is 0 Å². The Bertz CT molecular complexity index is 2750. The molecule has 5 aromatic carbocycles. The van der Waals surface area contributed by atoms with Crippen molar-refractivity contribution in [3.8, 4) is 5.75 Å². The summed E-state index contributed by atoms with van der Waals surface area (Å²) in [4.78, 5) is -3.89. The Morgan fingerprint density at radius 2 is 1.08 bits per heavy atom. The summed E-state index contributed by atoms with van der Waals surface area (Å²) in [6, 6.07) is 12.4. The van der Waals surface area contributed by atoms with Crippen molar-refractivity contribution in [2.75, 3.05) is 11.5 Å². The van der Waals surface area contributed by atoms with Gasteiger partial charge < -0.3 is 16.6 Å². The maximum atomic E-state index is 12.4. The van der Waals surface area contributed by atoms with Gasteiger partial charge in [0.1, 0.15) is 42.3 Å². The summed E-state index contributed by atoms with van der Waals surface area (Å²) in [5, 5.41) is 25.0. The Hall–Kier alpha value is -5.14. The third kappa shape index (κ3) is 6.90. The van der Waals surface area contributed by atoms with Crippen molar-refractivity contribution in [1.29, 1.82) is 0 Å². The van der Waals surface area contributed by atoms with Crippen molar-refractivity contribution in [2.24, 2.45) is 20.5 Å². The molecule has 0 saturated heterocycles. The van der Waals surface area contributed by atoms with Crippen LogP contribution >= 0.6 is 0 Å². The Labute approximate surface area is 276 Å². The van der Waals surface area contributed by atoms with E-state index in [1.807, 2.05) is 0 Å². The van der Waals surface area contributed by atoms with E-state index in [4.69, 9.17) is 11.5 Å². The van der Waals surface area contributed by atoms with Crippen LogP contribution in [0.15, 0.2) is 107 Å². The number of benzene rings is 5. The molecule has 0 aromatic heterocycles. The molecule has 0 fully saturated rings. The van der Waals surface area contributed by atoms with Gasteiger partial charge in [-0.3, -0.25) is 18.2 Å². The van der Waals surface area contributed by atoms with E-state index in [0.29, 0.717) is 17.5 Å². The minimum absolute atomic E-state index is 0.00601. The average molecular weight is 753 g/mol. The molecule has 0 aliphatic carbocycles. The summed E-state index contributed by atoms with van der Waals surface area (Å²) < 4.78 is 137. The first-order valence-corrected chi connectivity index (χ1v) is 18.6. The summed E-state index contributed by atoms with van der Waals surface area (Å²) >= 11 is 0. The van der Waals surface area contributed by atoms with Gasteiger partial charge in [0.15, 0.2) is 5.75 Å². The van der Waals surface area contributed by atoms with Gasteiger partial charge in [-0.05, 0) is 47.2 Å². The van der Waals surface area contributed by atoms with Crippen LogP contribution in [0.5, 0.6) is 5.75 Å². The highest BCUT2D eigenvalue weighted by molar-refractivity contribution is 7.86. The highest BCUT2D eigenvalue weighted by Gasteiger charge is 2.29. The first kappa shape index (κ1) is 35.2. The molecule has 9 N–H and O–H groups in total. The second-order valence-corrected chi connectivity index (χ2v) is 15.5. The number of rotatable bonds is 8. The number of hydrogen-bond acceptors (Lipinski definition) is 15. The molecule has 0 unspecified atom stereocenters. The Balaban J connectivity index is 1.82. The molecular weight excluding hydrogens is 733 g/mol. The number of fused-ring (bicyclic) bond motifs is 2. The standard InChI is InChI=1S/C26H20N6O13S4/c27-14-6-8-18(46(34,35)36)17(11-14)30-31-23-19(47(37,38)39)9-13-10-20(48(40,41)42)24(25(33)21(13)22(23)28)32-29-16-7-5-12-3-1-2-4-15(12)26(16)49(43,44)45/h1-11,33H,27-28H2,(H,34,35,36)(H,37,38,39)(H,40,41,42)(H,43,44,45). The maximum Gasteiger partial charge on any atom is 0.297 e. The lowest BCUT2D eigenvalue weighted by molar-refractivity contribution is 0.472. The molecule has 23 heteroatoms. The second kappa shape index (κ2) is 12.1. The molecule has 49 heavy (non-hydrogen) atoms. The molecule has 5 rings (SSSR count). The lowest BCUT2D eigenvalue weighted by atomic mass is 10.1. The van der Waals surface area contributed by atoms with Gasteiger partial charge in [-0.2, -0.15) is 33.7 Å². The molecule has 0 radical (unpaired) electrons. The van der Waals surface area contributed by atoms with Crippen LogP contribution in [0.3, 0.4) is 0 Å². The topological polar surface area (TPSA) is 339 Å². The monoisotopic (exact) mass is 752 g/mol. The van der Waals surface area contributed by atoms with E-state index in [1.165, 1.54) is 24.3 Å². The third-order valence-electron chi connectivity index (χ3n) is 6.76. The van der Waals surface area contributed by atoms with Crippen molar-refractivity contribution in [3.63, 3.8) is 0 Å². The van der Waals surface area contributed by atoms with Crippen LogP contribution < -0.4 is 11.5 Å². The van der Waals surface area contributed by atoms with E-state index in [0.717, 1.165) is 24.3 Å². The molecule has 0 spiro atoms. The predicted molar refractivity (Wildman–Crippen MR) is 172 cm³/mol. The lowest BCUT2D eigenvalue weighted by Gasteiger charge is -2.14. The number of hydrogen-bond donors (Lipinski definition) is 7. The molecule has 0 atom stereocenters. The number of anilines is 2. The molecule has 0 heterocycles. The largest absolute Gasteiger partial charge is 0.505 e. The molecule has 0 amide bonds. The lowest BCUT2D eigenvalue weighted by Crippen LogP contribution is -2.04. The molecule has 256 valence electrons. The van der Waals surface area contributed by atoms with Crippen LogP contribution in [-0.2, 0) is 40.5 Å². The molecular formula is C26H20N6O13S4. The molecule has 0 aliphatic heterocycles. The van der Waals surface area contributed by atoms with Crippen LogP contribution in [0.25, 0.3) is 21.5 Å². The first-order chi connectivity index (χ1) is 22.6. The van der Waals surface area contributed by atoms with E-state index < -0.39 is 105 Å². The quantitative estimate of drug-likeness (QED) is 0.0642. The van der Waals surface area contributed by atoms with Crippen molar-refractivity contribution in [3.05, 3.63) is 66.7 Å². The van der Waals surface area contributed by atoms with Crippen LogP contribution in [0, 0.1) is 0 Å². The number of azo groups is 2. The summed E-state index contributed by atoms with van der Waals surface area (Å²) in [5.41, 5.74) is 7.75. The van der Waals surface area contributed by atoms with Gasteiger partial charge in [0.05, 0.1) is 11.1 Å². The highest BCUT2D eigenvalue weighted by atomic mass is 32.2. The van der Waals surface area contributed by atoms with Crippen molar-refractivity contribution < 1.29 is 57.0 Å². The van der Waals surface area contributed by atoms with E-state index in [-0.39, 0.29) is 11.1 Å². The fourth-order valence-corrected chi connectivity index (χ4v) is 7.49. The number of phenolic OH excluding ortho intramolecular Hbond substituents is 1. The fourth-order valence-electron chi connectivity index (χ4n) is 4.72. The molecule has 0 saturated carbocycles. The summed E-state index contributed by atoms with van der Waals surface area (Å²) in [5.74, 6) is -1.19. The Kier molecular flexibility index (Phi) is 8.67. The number of nitrogens with zero attached hydrogens (tertiary/aromatic N) is 4. The van der Waals surface area contributed by atoms with Crippen molar-refractivity contribution >= 4 is 96.1 Å². The van der Waals surface area contributed by atoms with Gasteiger partial charge in [-0.15, -0.1) is 20.5 Å². The van der Waals surface area contributed by atoms with E-state index in [1.54, 1.807) is 6.07 Å². The van der Waals surface area contributed by atoms with Gasteiger partial charge in [0, 0.05) is 11.1 Å². The minimum Gasteiger partial charge on any atom is -0.505 e. The van der Waals surface area contributed by atoms with Crippen LogP contribution in [-0.4, -0.2) is 57.0 Å². The Morgan fingerprint density at radius 3 is 1.67 bits per heavy atom. The smallest absolute Gasteiger partial charge is 0.297 e. The molecule has 0 aliphatic rings. The number of aromatic hydroxyl groups is 1. The SMILES string of the molecule is Nc1ccc(S(=O)(=O)O)c(N=Nc2c(S(=O)(=O)O)cc3cc(S(=O)(=O)O)c(N=Nc4ccc5ccccc5c4S(=O)(=O)O)c(O)c3c2N)c1. The average Bonchev–Trinajstić information content (AvgIpc) is 2.97. The van der Waals surface area contributed by atoms with Crippen molar-refractivity contribution in [2.45, 2.75) is 19.6 Å². The minimum atomic E-state index is -5.33. The third-order valence-corrected chi connectivity index (χ3v) is 10.3. The van der Waals surface area contributed by atoms with Gasteiger partial charge in [-0.25, -0.2) is 0 Å². The van der Waals surface area contributed by atoms with Gasteiger partial charge in [0.25, 0.3) is 40.5 Å². The molecule has 19 nitrogen and oxygen atoms in total. The van der Waals surface area contributed by atoms with E-state index in [2.05, 4.69) is 20.5 Å². The summed E-state index contributed by atoms with van der Waals surface area (Å²) in [7, 11) is -20.5. The van der Waals surface area contributed by atoms with E-state index in [9.17, 15) is 57.0 Å². The van der Waals surface area contributed by atoms with Crippen LogP contribution in [0.1, 0.15) is 0 Å². The summed E-state index contributed by atoms with van der Waals surface area (Å²) in [6.45, 7) is 0. The normalized spacial score (nSPS) is 13.2. The van der Waals surface area contributed by atoms with Gasteiger partial charge in [-0.1, -0.05) is 30.3 Å². The molecule has 0 bridgehead atoms. The highest BCUT2D eigenvalue weighted by Crippen LogP contribution is 2.48. The second-order valence-electron chi connectivity index (χ2n) is 9.97. The van der Waals surface area contributed by atoms with Gasteiger partial charge in [0.2, 0.25) is 0 Å². The predicted octanol–water partition coefficient (Wildman–Crippen LogP) is 4.68. The van der Waals surface area contributed by atoms with Crippen LogP contribution in [0.2, 0.25) is 0 Å². The van der Waals surface area contributed by atoms with Crippen molar-refractivity contribution in [1.82, 2.24) is 0 Å². The first-order valence-electron chi connectivity index (χ1n) is 12.9. The Morgan fingerprint density at radius 1 is 0.531 bits per heavy atom.